The molecule has 0 aliphatic carbocycles. The Morgan fingerprint density at radius 2 is 2.04 bits per heavy atom. The number of carbonyl (C=O) groups is 1. The topological polar surface area (TPSA) is 76.1 Å². The first-order valence-electron chi connectivity index (χ1n) is 7.21. The van der Waals surface area contributed by atoms with Gasteiger partial charge in [-0.25, -0.2) is 0 Å². The standard InChI is InChI=1S/C15H20N4O2S2/c1-10(2)8-16-13(20)9-22-15-19-18-14(23-15)17-11-4-6-12(21-3)7-5-11/h4-7,10H,8-9H2,1-3H3,(H,16,20)(H,17,18). The maximum Gasteiger partial charge on any atom is 0.230 e. The number of amides is 1. The Bertz CT molecular complexity index is 629. The number of carbonyl (C=O) groups excluding carboxylic acids is 1. The normalized spacial score (nSPS) is 10.6. The summed E-state index contributed by atoms with van der Waals surface area (Å²) in [5.41, 5.74) is 0.910. The Hall–Kier alpha value is -1.80. The lowest BCUT2D eigenvalue weighted by Crippen LogP contribution is -2.28. The van der Waals surface area contributed by atoms with E-state index in [1.165, 1.54) is 23.1 Å². The molecule has 0 radical (unpaired) electrons. The van der Waals surface area contributed by atoms with Gasteiger partial charge in [0.25, 0.3) is 0 Å². The van der Waals surface area contributed by atoms with Crippen LogP contribution in [-0.2, 0) is 4.79 Å². The van der Waals surface area contributed by atoms with E-state index in [0.717, 1.165) is 15.8 Å². The molecule has 2 aromatic rings. The Morgan fingerprint density at radius 1 is 1.30 bits per heavy atom. The smallest absolute Gasteiger partial charge is 0.230 e. The fourth-order valence-corrected chi connectivity index (χ4v) is 3.21. The van der Waals surface area contributed by atoms with Gasteiger partial charge in [0.15, 0.2) is 4.34 Å². The SMILES string of the molecule is COc1ccc(Nc2nnc(SCC(=O)NCC(C)C)s2)cc1. The van der Waals surface area contributed by atoms with E-state index in [2.05, 4.69) is 34.7 Å². The molecule has 8 heteroatoms. The summed E-state index contributed by atoms with van der Waals surface area (Å²) >= 11 is 2.81. The van der Waals surface area contributed by atoms with Crippen molar-refractivity contribution in [1.82, 2.24) is 15.5 Å². The highest BCUT2D eigenvalue weighted by atomic mass is 32.2. The zero-order chi connectivity index (χ0) is 16.7. The third-order valence-electron chi connectivity index (χ3n) is 2.78. The highest BCUT2D eigenvalue weighted by molar-refractivity contribution is 8.01. The number of nitrogens with one attached hydrogen (secondary N) is 2. The number of aromatic nitrogens is 2. The average molecular weight is 352 g/mol. The van der Waals surface area contributed by atoms with E-state index in [1.54, 1.807) is 7.11 Å². The molecule has 2 rings (SSSR count). The lowest BCUT2D eigenvalue weighted by Gasteiger charge is -2.06. The minimum atomic E-state index is 0.0172. The third-order valence-corrected chi connectivity index (χ3v) is 4.75. The summed E-state index contributed by atoms with van der Waals surface area (Å²) in [5.74, 6) is 1.62. The van der Waals surface area contributed by atoms with Crippen molar-refractivity contribution in [3.8, 4) is 5.75 Å². The van der Waals surface area contributed by atoms with Crippen molar-refractivity contribution in [3.63, 3.8) is 0 Å². The second-order valence-electron chi connectivity index (χ2n) is 5.21. The zero-order valence-electron chi connectivity index (χ0n) is 13.3. The minimum Gasteiger partial charge on any atom is -0.497 e. The maximum atomic E-state index is 11.7. The van der Waals surface area contributed by atoms with Crippen molar-refractivity contribution < 1.29 is 9.53 Å². The van der Waals surface area contributed by atoms with Crippen LogP contribution in [0, 0.1) is 5.92 Å². The first-order valence-corrected chi connectivity index (χ1v) is 9.01. The average Bonchev–Trinajstić information content (AvgIpc) is 2.99. The second kappa shape index (κ2) is 8.73. The molecule has 0 fully saturated rings. The quantitative estimate of drug-likeness (QED) is 0.711. The molecule has 2 N–H and O–H groups in total. The van der Waals surface area contributed by atoms with E-state index in [-0.39, 0.29) is 5.91 Å². The molecule has 0 saturated heterocycles. The van der Waals surface area contributed by atoms with E-state index >= 15 is 0 Å². The minimum absolute atomic E-state index is 0.0172. The molecule has 0 bridgehead atoms. The number of thioether (sulfide) groups is 1. The number of hydrogen-bond acceptors (Lipinski definition) is 7. The number of ether oxygens (including phenoxy) is 1. The van der Waals surface area contributed by atoms with Crippen molar-refractivity contribution in [2.45, 2.75) is 18.2 Å². The lowest BCUT2D eigenvalue weighted by molar-refractivity contribution is -0.118. The lowest BCUT2D eigenvalue weighted by atomic mass is 10.2. The van der Waals surface area contributed by atoms with E-state index in [0.29, 0.717) is 23.3 Å². The van der Waals surface area contributed by atoms with Crippen LogP contribution in [0.25, 0.3) is 0 Å². The van der Waals surface area contributed by atoms with Crippen molar-refractivity contribution in [3.05, 3.63) is 24.3 Å². The molecule has 1 aromatic heterocycles. The van der Waals surface area contributed by atoms with Crippen LogP contribution in [0.4, 0.5) is 10.8 Å². The van der Waals surface area contributed by atoms with Crippen molar-refractivity contribution in [1.29, 1.82) is 0 Å². The summed E-state index contributed by atoms with van der Waals surface area (Å²) in [6.07, 6.45) is 0. The van der Waals surface area contributed by atoms with E-state index < -0.39 is 0 Å². The summed E-state index contributed by atoms with van der Waals surface area (Å²) < 4.78 is 5.88. The van der Waals surface area contributed by atoms with E-state index in [1.807, 2.05) is 24.3 Å². The molecule has 0 atom stereocenters. The van der Waals surface area contributed by atoms with Gasteiger partial charge in [-0.1, -0.05) is 36.9 Å². The molecule has 0 aliphatic heterocycles. The molecule has 124 valence electrons. The molecular weight excluding hydrogens is 332 g/mol. The fraction of sp³-hybridized carbons (Fsp3) is 0.400. The number of methoxy groups -OCH3 is 1. The van der Waals surface area contributed by atoms with Crippen LogP contribution in [0.1, 0.15) is 13.8 Å². The molecular formula is C15H20N4O2S2. The van der Waals surface area contributed by atoms with Gasteiger partial charge in [0.2, 0.25) is 11.0 Å². The van der Waals surface area contributed by atoms with Crippen LogP contribution in [0.2, 0.25) is 0 Å². The Labute approximate surface area is 144 Å². The van der Waals surface area contributed by atoms with Crippen LogP contribution in [0.3, 0.4) is 0 Å². The molecule has 0 aliphatic rings. The van der Waals surface area contributed by atoms with Crippen molar-refractivity contribution >= 4 is 39.8 Å². The summed E-state index contributed by atoms with van der Waals surface area (Å²) in [7, 11) is 1.63. The second-order valence-corrected chi connectivity index (χ2v) is 7.41. The highest BCUT2D eigenvalue weighted by Crippen LogP contribution is 2.28. The molecule has 6 nitrogen and oxygen atoms in total. The van der Waals surface area contributed by atoms with Crippen LogP contribution >= 0.6 is 23.1 Å². The zero-order valence-corrected chi connectivity index (χ0v) is 15.0. The van der Waals surface area contributed by atoms with E-state index in [9.17, 15) is 4.79 Å². The Morgan fingerprint density at radius 3 is 2.70 bits per heavy atom. The molecule has 1 heterocycles. The predicted octanol–water partition coefficient (Wildman–Crippen LogP) is 3.15. The van der Waals surface area contributed by atoms with E-state index in [4.69, 9.17) is 4.74 Å². The number of anilines is 2. The van der Waals surface area contributed by atoms with Crippen LogP contribution in [-0.4, -0.2) is 35.5 Å². The number of benzene rings is 1. The van der Waals surface area contributed by atoms with Gasteiger partial charge in [-0.2, -0.15) is 0 Å². The van der Waals surface area contributed by atoms with Crippen molar-refractivity contribution in [2.24, 2.45) is 5.92 Å². The van der Waals surface area contributed by atoms with Crippen LogP contribution in [0.15, 0.2) is 28.6 Å². The molecule has 0 unspecified atom stereocenters. The molecule has 0 saturated carbocycles. The van der Waals surface area contributed by atoms with Crippen LogP contribution in [0.5, 0.6) is 5.75 Å². The number of rotatable bonds is 8. The summed E-state index contributed by atoms with van der Waals surface area (Å²) in [4.78, 5) is 11.7. The summed E-state index contributed by atoms with van der Waals surface area (Å²) in [6.45, 7) is 4.82. The van der Waals surface area contributed by atoms with Crippen molar-refractivity contribution in [2.75, 3.05) is 24.7 Å². The van der Waals surface area contributed by atoms with Gasteiger partial charge in [-0.3, -0.25) is 4.79 Å². The summed E-state index contributed by atoms with van der Waals surface area (Å²) in [5, 5.41) is 14.9. The Balaban J connectivity index is 1.81. The monoisotopic (exact) mass is 352 g/mol. The largest absolute Gasteiger partial charge is 0.497 e. The first kappa shape index (κ1) is 17.6. The van der Waals surface area contributed by atoms with Crippen LogP contribution < -0.4 is 15.4 Å². The van der Waals surface area contributed by atoms with Gasteiger partial charge in [-0.15, -0.1) is 10.2 Å². The van der Waals surface area contributed by atoms with Gasteiger partial charge < -0.3 is 15.4 Å². The number of hydrogen-bond donors (Lipinski definition) is 2. The molecule has 0 spiro atoms. The third kappa shape index (κ3) is 6.07. The summed E-state index contributed by atoms with van der Waals surface area (Å²) in [6, 6.07) is 7.56. The van der Waals surface area contributed by atoms with Gasteiger partial charge in [-0.05, 0) is 30.2 Å². The molecule has 23 heavy (non-hydrogen) atoms. The maximum absolute atomic E-state index is 11.7. The fourth-order valence-electron chi connectivity index (χ4n) is 1.61. The molecule has 1 amide bonds. The van der Waals surface area contributed by atoms with Gasteiger partial charge >= 0.3 is 0 Å². The van der Waals surface area contributed by atoms with Gasteiger partial charge in [0, 0.05) is 12.2 Å². The van der Waals surface area contributed by atoms with Gasteiger partial charge in [0.05, 0.1) is 12.9 Å². The highest BCUT2D eigenvalue weighted by Gasteiger charge is 2.08. The first-order chi connectivity index (χ1) is 11.1. The Kier molecular flexibility index (Phi) is 6.66. The molecule has 1 aromatic carbocycles. The predicted molar refractivity (Wildman–Crippen MR) is 94.8 cm³/mol. The van der Waals surface area contributed by atoms with Gasteiger partial charge in [0.1, 0.15) is 5.75 Å². The number of nitrogens with zero attached hydrogens (tertiary/aromatic N) is 2.